The van der Waals surface area contributed by atoms with Gasteiger partial charge in [0.2, 0.25) is 0 Å². The summed E-state index contributed by atoms with van der Waals surface area (Å²) in [4.78, 5) is 9.47. The van der Waals surface area contributed by atoms with E-state index < -0.39 is 0 Å². The quantitative estimate of drug-likeness (QED) is 0.584. The van der Waals surface area contributed by atoms with E-state index in [-0.39, 0.29) is 12.1 Å². The lowest BCUT2D eigenvalue weighted by Crippen LogP contribution is -2.42. The van der Waals surface area contributed by atoms with Crippen molar-refractivity contribution >= 4 is 17.3 Å². The highest BCUT2D eigenvalue weighted by Crippen LogP contribution is 2.39. The van der Waals surface area contributed by atoms with Gasteiger partial charge in [-0.15, -0.1) is 0 Å². The Morgan fingerprint density at radius 2 is 1.84 bits per heavy atom. The monoisotopic (exact) mass is 447 g/mol. The lowest BCUT2D eigenvalue weighted by atomic mass is 10.0. The Balaban J connectivity index is 1.51. The number of morpholine rings is 1. The highest BCUT2D eigenvalue weighted by Gasteiger charge is 2.41. The van der Waals surface area contributed by atoms with Crippen LogP contribution in [0.1, 0.15) is 29.0 Å². The second-order valence-electron chi connectivity index (χ2n) is 8.36. The van der Waals surface area contributed by atoms with E-state index in [0.29, 0.717) is 0 Å². The van der Waals surface area contributed by atoms with Crippen LogP contribution in [0.2, 0.25) is 0 Å². The normalized spacial score (nSPS) is 21.7. The Morgan fingerprint density at radius 3 is 2.62 bits per heavy atom. The molecule has 1 N–H and O–H groups in total. The zero-order chi connectivity index (χ0) is 21.9. The predicted octanol–water partition coefficient (Wildman–Crippen LogP) is 3.49. The van der Waals surface area contributed by atoms with Crippen molar-refractivity contribution in [3.63, 3.8) is 0 Å². The molecule has 7 heteroatoms. The minimum Gasteiger partial charge on any atom is -0.379 e. The van der Waals surface area contributed by atoms with Gasteiger partial charge in [-0.2, -0.15) is 0 Å². The number of hydrogen-bond donors (Lipinski definition) is 1. The Hall–Kier alpha value is -2.74. The summed E-state index contributed by atoms with van der Waals surface area (Å²) in [6.07, 6.45) is 4.00. The first-order valence-corrected chi connectivity index (χ1v) is 11.6. The standard InChI is InChI=1S/C25H29N5OS/c1-19-7-2-3-9-21(19)29-12-6-10-22(29)24-23(20-8-4-5-11-26-20)27-25(32)30(24)14-13-28-15-17-31-18-16-28/h2-12,23-24H,13-18H2,1H3,(H,27,32)/t23-,24-/m1/s1. The third kappa shape index (κ3) is 4.16. The van der Waals surface area contributed by atoms with Gasteiger partial charge < -0.3 is 19.5 Å². The van der Waals surface area contributed by atoms with E-state index in [9.17, 15) is 0 Å². The first-order valence-electron chi connectivity index (χ1n) is 11.2. The number of nitrogens with one attached hydrogen (secondary N) is 1. The van der Waals surface area contributed by atoms with E-state index in [1.807, 2.05) is 18.3 Å². The zero-order valence-corrected chi connectivity index (χ0v) is 19.2. The van der Waals surface area contributed by atoms with Crippen LogP contribution >= 0.6 is 12.2 Å². The van der Waals surface area contributed by atoms with Gasteiger partial charge in [-0.3, -0.25) is 9.88 Å². The predicted molar refractivity (Wildman–Crippen MR) is 130 cm³/mol. The molecule has 0 bridgehead atoms. The smallest absolute Gasteiger partial charge is 0.170 e. The van der Waals surface area contributed by atoms with Crippen molar-refractivity contribution in [2.75, 3.05) is 39.4 Å². The zero-order valence-electron chi connectivity index (χ0n) is 18.4. The van der Waals surface area contributed by atoms with Crippen LogP contribution in [0.5, 0.6) is 0 Å². The maximum absolute atomic E-state index is 5.86. The molecule has 0 radical (unpaired) electrons. The summed E-state index contributed by atoms with van der Waals surface area (Å²) < 4.78 is 7.82. The van der Waals surface area contributed by atoms with Crippen LogP contribution in [0.25, 0.3) is 5.69 Å². The Labute approximate surface area is 194 Å². The third-order valence-electron chi connectivity index (χ3n) is 6.42. The number of ether oxygens (including phenoxy) is 1. The van der Waals surface area contributed by atoms with Crippen molar-refractivity contribution in [3.05, 3.63) is 83.9 Å². The van der Waals surface area contributed by atoms with Crippen LogP contribution in [-0.2, 0) is 4.74 Å². The topological polar surface area (TPSA) is 45.6 Å². The van der Waals surface area contributed by atoms with Crippen molar-refractivity contribution in [2.45, 2.75) is 19.0 Å². The second kappa shape index (κ2) is 9.40. The highest BCUT2D eigenvalue weighted by molar-refractivity contribution is 7.80. The van der Waals surface area contributed by atoms with E-state index >= 15 is 0 Å². The van der Waals surface area contributed by atoms with Gasteiger partial charge in [-0.05, 0) is 55.0 Å². The molecular formula is C25H29N5OS. The summed E-state index contributed by atoms with van der Waals surface area (Å²) in [6.45, 7) is 7.53. The molecule has 0 unspecified atom stereocenters. The molecule has 4 heterocycles. The minimum absolute atomic E-state index is 0.00828. The molecule has 0 saturated carbocycles. The molecule has 2 aromatic heterocycles. The van der Waals surface area contributed by atoms with Crippen molar-refractivity contribution < 1.29 is 4.74 Å². The summed E-state index contributed by atoms with van der Waals surface area (Å²) >= 11 is 5.86. The summed E-state index contributed by atoms with van der Waals surface area (Å²) in [5.41, 5.74) is 4.65. The number of benzene rings is 1. The number of rotatable bonds is 6. The number of thiocarbonyl (C=S) groups is 1. The summed E-state index contributed by atoms with van der Waals surface area (Å²) in [6, 6.07) is 19.0. The van der Waals surface area contributed by atoms with Crippen LogP contribution in [-0.4, -0.2) is 63.9 Å². The van der Waals surface area contributed by atoms with E-state index in [0.717, 1.165) is 50.2 Å². The number of nitrogens with zero attached hydrogens (tertiary/aromatic N) is 4. The number of aryl methyl sites for hydroxylation is 1. The van der Waals surface area contributed by atoms with Gasteiger partial charge in [0.25, 0.3) is 0 Å². The first-order chi connectivity index (χ1) is 15.7. The summed E-state index contributed by atoms with van der Waals surface area (Å²) in [5, 5.41) is 4.37. The molecule has 2 fully saturated rings. The average molecular weight is 448 g/mol. The number of hydrogen-bond acceptors (Lipinski definition) is 4. The molecule has 166 valence electrons. The fourth-order valence-corrected chi connectivity index (χ4v) is 5.06. The van der Waals surface area contributed by atoms with Crippen LogP contribution in [0.3, 0.4) is 0 Å². The van der Waals surface area contributed by atoms with Gasteiger partial charge in [0.15, 0.2) is 5.11 Å². The van der Waals surface area contributed by atoms with E-state index in [2.05, 4.69) is 80.3 Å². The van der Waals surface area contributed by atoms with Crippen LogP contribution in [0.15, 0.2) is 67.0 Å². The molecular weight excluding hydrogens is 418 g/mol. The van der Waals surface area contributed by atoms with Gasteiger partial charge in [-0.1, -0.05) is 24.3 Å². The molecule has 0 spiro atoms. The SMILES string of the molecule is Cc1ccccc1-n1cccc1[C@@H]1[C@@H](c2ccccn2)NC(=S)N1CCN1CCOCC1. The molecule has 5 rings (SSSR count). The van der Waals surface area contributed by atoms with E-state index in [1.165, 1.54) is 16.9 Å². The van der Waals surface area contributed by atoms with Crippen molar-refractivity contribution in [1.82, 2.24) is 24.7 Å². The van der Waals surface area contributed by atoms with Gasteiger partial charge in [0.1, 0.15) is 0 Å². The molecule has 32 heavy (non-hydrogen) atoms. The highest BCUT2D eigenvalue weighted by atomic mass is 32.1. The molecule has 0 aliphatic carbocycles. The lowest BCUT2D eigenvalue weighted by molar-refractivity contribution is 0.0349. The second-order valence-corrected chi connectivity index (χ2v) is 8.75. The average Bonchev–Trinajstić information content (AvgIpc) is 3.43. The maximum atomic E-state index is 5.86. The molecule has 6 nitrogen and oxygen atoms in total. The van der Waals surface area contributed by atoms with Crippen LogP contribution < -0.4 is 5.32 Å². The van der Waals surface area contributed by atoms with Gasteiger partial charge in [0.05, 0.1) is 31.0 Å². The Bertz CT molecular complexity index is 1060. The van der Waals surface area contributed by atoms with Gasteiger partial charge >= 0.3 is 0 Å². The fraction of sp³-hybridized carbons (Fsp3) is 0.360. The first kappa shape index (κ1) is 21.1. The van der Waals surface area contributed by atoms with Crippen LogP contribution in [0, 0.1) is 6.92 Å². The molecule has 2 atom stereocenters. The fourth-order valence-electron chi connectivity index (χ4n) is 4.73. The van der Waals surface area contributed by atoms with Crippen LogP contribution in [0.4, 0.5) is 0 Å². The molecule has 2 aliphatic rings. The van der Waals surface area contributed by atoms with Crippen molar-refractivity contribution in [3.8, 4) is 5.69 Å². The minimum atomic E-state index is -0.00828. The Kier molecular flexibility index (Phi) is 6.21. The van der Waals surface area contributed by atoms with E-state index in [1.54, 1.807) is 0 Å². The van der Waals surface area contributed by atoms with E-state index in [4.69, 9.17) is 17.0 Å². The lowest BCUT2D eigenvalue weighted by Gasteiger charge is -2.32. The van der Waals surface area contributed by atoms with Gasteiger partial charge in [-0.25, -0.2) is 0 Å². The van der Waals surface area contributed by atoms with Crippen molar-refractivity contribution in [1.29, 1.82) is 0 Å². The number of para-hydroxylation sites is 1. The summed E-state index contributed by atoms with van der Waals surface area (Å²) in [7, 11) is 0. The molecule has 0 amide bonds. The third-order valence-corrected chi connectivity index (χ3v) is 6.77. The summed E-state index contributed by atoms with van der Waals surface area (Å²) in [5.74, 6) is 0. The molecule has 2 saturated heterocycles. The molecule has 1 aromatic carbocycles. The maximum Gasteiger partial charge on any atom is 0.170 e. The largest absolute Gasteiger partial charge is 0.379 e. The van der Waals surface area contributed by atoms with Gasteiger partial charge in [0, 0.05) is 50.0 Å². The number of aromatic nitrogens is 2. The molecule has 3 aromatic rings. The number of pyridine rings is 1. The Morgan fingerprint density at radius 1 is 1.03 bits per heavy atom. The van der Waals surface area contributed by atoms with Crippen molar-refractivity contribution in [2.24, 2.45) is 0 Å². The molecule has 2 aliphatic heterocycles.